The molecule has 21 heavy (non-hydrogen) atoms. The summed E-state index contributed by atoms with van der Waals surface area (Å²) >= 11 is 0. The first-order chi connectivity index (χ1) is 10.2. The number of amides is 1. The van der Waals surface area contributed by atoms with Crippen LogP contribution in [-0.2, 0) is 16.0 Å². The highest BCUT2D eigenvalue weighted by atomic mass is 19.1. The zero-order chi connectivity index (χ0) is 15.1. The fraction of sp³-hybridized carbons (Fsp3) is 0.562. The van der Waals surface area contributed by atoms with Crippen LogP contribution in [-0.4, -0.2) is 50.2 Å². The minimum atomic E-state index is -0.304. The number of methoxy groups -OCH3 is 1. The number of carbonyl (C=O) groups is 1. The summed E-state index contributed by atoms with van der Waals surface area (Å²) in [7, 11) is 1.70. The fourth-order valence-electron chi connectivity index (χ4n) is 2.76. The van der Waals surface area contributed by atoms with Crippen LogP contribution in [0.25, 0.3) is 0 Å². The first-order valence-electron chi connectivity index (χ1n) is 7.43. The number of carbonyl (C=O) groups excluding carboxylic acids is 1. The van der Waals surface area contributed by atoms with E-state index in [2.05, 4.69) is 10.2 Å². The first kappa shape index (κ1) is 15.9. The Balaban J connectivity index is 1.75. The molecule has 116 valence electrons. The fourth-order valence-corrected chi connectivity index (χ4v) is 2.76. The Morgan fingerprint density at radius 2 is 2.38 bits per heavy atom. The molecule has 0 radical (unpaired) electrons. The Labute approximate surface area is 125 Å². The Hall–Kier alpha value is -1.46. The molecule has 1 aliphatic heterocycles. The van der Waals surface area contributed by atoms with Gasteiger partial charge in [-0.3, -0.25) is 9.69 Å². The number of ether oxygens (including phenoxy) is 1. The molecule has 1 aliphatic rings. The third-order valence-electron chi connectivity index (χ3n) is 3.87. The van der Waals surface area contributed by atoms with Gasteiger partial charge in [0.25, 0.3) is 0 Å². The molecule has 0 bridgehead atoms. The van der Waals surface area contributed by atoms with Crippen LogP contribution in [0.3, 0.4) is 0 Å². The van der Waals surface area contributed by atoms with Gasteiger partial charge in [0.15, 0.2) is 0 Å². The number of halogens is 1. The maximum absolute atomic E-state index is 13.1. The van der Waals surface area contributed by atoms with E-state index in [1.54, 1.807) is 19.2 Å². The van der Waals surface area contributed by atoms with E-state index in [0.717, 1.165) is 25.9 Å². The van der Waals surface area contributed by atoms with E-state index in [0.29, 0.717) is 24.8 Å². The van der Waals surface area contributed by atoms with Crippen molar-refractivity contribution in [2.24, 2.45) is 0 Å². The number of likely N-dealkylation sites (tertiary alicyclic amines) is 1. The molecule has 0 aromatic heterocycles. The summed E-state index contributed by atoms with van der Waals surface area (Å²) in [5.74, 6) is -0.360. The quantitative estimate of drug-likeness (QED) is 0.830. The molecule has 0 saturated carbocycles. The molecule has 1 saturated heterocycles. The summed E-state index contributed by atoms with van der Waals surface area (Å²) < 4.78 is 18.2. The van der Waals surface area contributed by atoms with E-state index in [1.165, 1.54) is 12.1 Å². The second kappa shape index (κ2) is 8.10. The highest BCUT2D eigenvalue weighted by molar-refractivity contribution is 5.78. The van der Waals surface area contributed by atoms with Gasteiger partial charge < -0.3 is 10.1 Å². The third-order valence-corrected chi connectivity index (χ3v) is 3.87. The van der Waals surface area contributed by atoms with Gasteiger partial charge >= 0.3 is 0 Å². The van der Waals surface area contributed by atoms with Crippen LogP contribution in [0.1, 0.15) is 18.4 Å². The molecular formula is C16H23FN2O2. The maximum Gasteiger partial charge on any atom is 0.224 e. The molecule has 1 atom stereocenters. The zero-order valence-electron chi connectivity index (χ0n) is 12.5. The summed E-state index contributed by atoms with van der Waals surface area (Å²) in [4.78, 5) is 14.3. The molecule has 5 heteroatoms. The normalized spacial score (nSPS) is 18.9. The summed E-state index contributed by atoms with van der Waals surface area (Å²) in [6.07, 6.45) is 2.49. The SMILES string of the molecule is COCCN1CCC[C@@H]1CNC(=O)Cc1cccc(F)c1. The molecule has 0 unspecified atom stereocenters. The first-order valence-corrected chi connectivity index (χ1v) is 7.43. The minimum absolute atomic E-state index is 0.0563. The molecule has 1 N–H and O–H groups in total. The Bertz CT molecular complexity index is 467. The van der Waals surface area contributed by atoms with Gasteiger partial charge in [-0.15, -0.1) is 0 Å². The molecule has 1 aromatic carbocycles. The van der Waals surface area contributed by atoms with Crippen LogP contribution < -0.4 is 5.32 Å². The van der Waals surface area contributed by atoms with Crippen molar-refractivity contribution in [3.05, 3.63) is 35.6 Å². The number of hydrogen-bond acceptors (Lipinski definition) is 3. The van der Waals surface area contributed by atoms with Crippen molar-refractivity contribution in [2.45, 2.75) is 25.3 Å². The van der Waals surface area contributed by atoms with Crippen molar-refractivity contribution >= 4 is 5.91 Å². The van der Waals surface area contributed by atoms with E-state index in [1.807, 2.05) is 0 Å². The second-order valence-corrected chi connectivity index (χ2v) is 5.44. The summed E-state index contributed by atoms with van der Waals surface area (Å²) in [6.45, 7) is 3.33. The van der Waals surface area contributed by atoms with Crippen LogP contribution in [0.5, 0.6) is 0 Å². The molecular weight excluding hydrogens is 271 g/mol. The van der Waals surface area contributed by atoms with Crippen molar-refractivity contribution in [3.63, 3.8) is 0 Å². The standard InChI is InChI=1S/C16H23FN2O2/c1-21-9-8-19-7-3-6-15(19)12-18-16(20)11-13-4-2-5-14(17)10-13/h2,4-5,10,15H,3,6-9,11-12H2,1H3,(H,18,20)/t15-/m1/s1. The Kier molecular flexibility index (Phi) is 6.14. The van der Waals surface area contributed by atoms with E-state index in [9.17, 15) is 9.18 Å². The second-order valence-electron chi connectivity index (χ2n) is 5.44. The van der Waals surface area contributed by atoms with Crippen molar-refractivity contribution in [1.82, 2.24) is 10.2 Å². The summed E-state index contributed by atoms with van der Waals surface area (Å²) in [5, 5.41) is 2.96. The Morgan fingerprint density at radius 1 is 1.52 bits per heavy atom. The predicted molar refractivity (Wildman–Crippen MR) is 79.6 cm³/mol. The maximum atomic E-state index is 13.1. The average Bonchev–Trinajstić information content (AvgIpc) is 2.90. The van der Waals surface area contributed by atoms with E-state index < -0.39 is 0 Å². The van der Waals surface area contributed by atoms with E-state index >= 15 is 0 Å². The molecule has 0 aliphatic carbocycles. The number of hydrogen-bond donors (Lipinski definition) is 1. The van der Waals surface area contributed by atoms with E-state index in [4.69, 9.17) is 4.74 Å². The molecule has 1 amide bonds. The van der Waals surface area contributed by atoms with Gasteiger partial charge in [-0.25, -0.2) is 4.39 Å². The monoisotopic (exact) mass is 294 g/mol. The number of benzene rings is 1. The Morgan fingerprint density at radius 3 is 3.14 bits per heavy atom. The van der Waals surface area contributed by atoms with Crippen LogP contribution in [0.2, 0.25) is 0 Å². The van der Waals surface area contributed by atoms with Crippen molar-refractivity contribution in [3.8, 4) is 0 Å². The van der Waals surface area contributed by atoms with Gasteiger partial charge in [-0.05, 0) is 37.1 Å². The zero-order valence-corrected chi connectivity index (χ0v) is 12.5. The highest BCUT2D eigenvalue weighted by Crippen LogP contribution is 2.15. The average molecular weight is 294 g/mol. The van der Waals surface area contributed by atoms with Crippen LogP contribution >= 0.6 is 0 Å². The minimum Gasteiger partial charge on any atom is -0.383 e. The van der Waals surface area contributed by atoms with Gasteiger partial charge in [-0.2, -0.15) is 0 Å². The lowest BCUT2D eigenvalue weighted by Crippen LogP contribution is -2.41. The molecule has 1 aromatic rings. The predicted octanol–water partition coefficient (Wildman–Crippen LogP) is 1.60. The summed E-state index contributed by atoms with van der Waals surface area (Å²) in [6, 6.07) is 6.56. The number of nitrogens with zero attached hydrogens (tertiary/aromatic N) is 1. The van der Waals surface area contributed by atoms with Crippen LogP contribution in [0.4, 0.5) is 4.39 Å². The van der Waals surface area contributed by atoms with Gasteiger partial charge in [0.05, 0.1) is 13.0 Å². The van der Waals surface area contributed by atoms with Gasteiger partial charge in [0.1, 0.15) is 5.82 Å². The number of rotatable bonds is 7. The van der Waals surface area contributed by atoms with Crippen LogP contribution in [0, 0.1) is 5.82 Å². The molecule has 2 rings (SSSR count). The largest absolute Gasteiger partial charge is 0.383 e. The highest BCUT2D eigenvalue weighted by Gasteiger charge is 2.24. The smallest absolute Gasteiger partial charge is 0.224 e. The molecule has 4 nitrogen and oxygen atoms in total. The van der Waals surface area contributed by atoms with Gasteiger partial charge in [-0.1, -0.05) is 12.1 Å². The van der Waals surface area contributed by atoms with Crippen molar-refractivity contribution in [2.75, 3.05) is 33.4 Å². The third kappa shape index (κ3) is 5.10. The molecule has 1 heterocycles. The molecule has 1 fully saturated rings. The number of nitrogens with one attached hydrogen (secondary N) is 1. The van der Waals surface area contributed by atoms with Gasteiger partial charge in [0, 0.05) is 26.2 Å². The topological polar surface area (TPSA) is 41.6 Å². The summed E-state index contributed by atoms with van der Waals surface area (Å²) in [5.41, 5.74) is 0.704. The lowest BCUT2D eigenvalue weighted by molar-refractivity contribution is -0.120. The van der Waals surface area contributed by atoms with Crippen LogP contribution in [0.15, 0.2) is 24.3 Å². The molecule has 0 spiro atoms. The lowest BCUT2D eigenvalue weighted by Gasteiger charge is -2.24. The van der Waals surface area contributed by atoms with E-state index in [-0.39, 0.29) is 18.1 Å². The van der Waals surface area contributed by atoms with Crippen molar-refractivity contribution < 1.29 is 13.9 Å². The van der Waals surface area contributed by atoms with Gasteiger partial charge in [0.2, 0.25) is 5.91 Å². The lowest BCUT2D eigenvalue weighted by atomic mass is 10.1. The van der Waals surface area contributed by atoms with Crippen molar-refractivity contribution in [1.29, 1.82) is 0 Å².